The second-order valence-corrected chi connectivity index (χ2v) is 3.02. The first-order valence-electron chi connectivity index (χ1n) is 4.68. The van der Waals surface area contributed by atoms with Crippen LogP contribution < -0.4 is 9.47 Å². The van der Waals surface area contributed by atoms with Crippen LogP contribution in [0, 0.1) is 0 Å². The lowest BCUT2D eigenvalue weighted by atomic mass is 10.2. The lowest BCUT2D eigenvalue weighted by Crippen LogP contribution is -2.01. The molecule has 0 bridgehead atoms. The van der Waals surface area contributed by atoms with E-state index in [1.54, 1.807) is 0 Å². The molecule has 8 heteroatoms. The summed E-state index contributed by atoms with van der Waals surface area (Å²) >= 11 is 0. The molecule has 88 valence electrons. The maximum atomic E-state index is 10.8. The molecule has 0 atom stereocenters. The van der Waals surface area contributed by atoms with Crippen LogP contribution in [0.2, 0.25) is 0 Å². The van der Waals surface area contributed by atoms with Crippen molar-refractivity contribution in [1.29, 1.82) is 0 Å². The lowest BCUT2D eigenvalue weighted by molar-refractivity contribution is 0.111. The van der Waals surface area contributed by atoms with E-state index in [0.717, 1.165) is 0 Å². The Labute approximate surface area is 96.0 Å². The van der Waals surface area contributed by atoms with Gasteiger partial charge < -0.3 is 9.47 Å². The van der Waals surface area contributed by atoms with Crippen molar-refractivity contribution < 1.29 is 14.3 Å². The van der Waals surface area contributed by atoms with Gasteiger partial charge in [-0.2, -0.15) is 0 Å². The highest BCUT2D eigenvalue weighted by molar-refractivity contribution is 5.79. The topological polar surface area (TPSA) is 103 Å². The Morgan fingerprint density at radius 2 is 2.41 bits per heavy atom. The maximum absolute atomic E-state index is 10.8. The average Bonchev–Trinajstić information content (AvgIpc) is 2.89. The molecule has 0 amide bonds. The summed E-state index contributed by atoms with van der Waals surface area (Å²) in [5, 5.41) is 13.0. The summed E-state index contributed by atoms with van der Waals surface area (Å²) in [4.78, 5) is 14.8. The predicted octanol–water partition coefficient (Wildman–Crippen LogP) is -0.00520. The second-order valence-electron chi connectivity index (χ2n) is 3.02. The lowest BCUT2D eigenvalue weighted by Gasteiger charge is -2.06. The van der Waals surface area contributed by atoms with Crippen LogP contribution in [0.25, 0.3) is 0 Å². The molecule has 2 aromatic heterocycles. The van der Waals surface area contributed by atoms with Crippen LogP contribution in [-0.2, 0) is 6.61 Å². The molecule has 0 saturated heterocycles. The standard InChI is InChI=1S/C9H9N5O3/c1-16-9-2-6(4-15)7(3-10-9)17-5-8-11-13-14-12-8/h2-4H,5H2,1H3,(H,11,12,13,14). The molecular formula is C9H9N5O3. The van der Waals surface area contributed by atoms with Crippen molar-refractivity contribution in [2.75, 3.05) is 7.11 Å². The highest BCUT2D eigenvalue weighted by Crippen LogP contribution is 2.20. The summed E-state index contributed by atoms with van der Waals surface area (Å²) in [6, 6.07) is 1.49. The second kappa shape index (κ2) is 5.01. The zero-order chi connectivity index (χ0) is 12.1. The Hall–Kier alpha value is -2.51. The molecule has 0 spiro atoms. The number of hydrogen-bond acceptors (Lipinski definition) is 7. The third-order valence-corrected chi connectivity index (χ3v) is 1.96. The Morgan fingerprint density at radius 3 is 3.06 bits per heavy atom. The largest absolute Gasteiger partial charge is 0.483 e. The van der Waals surface area contributed by atoms with Crippen LogP contribution in [0.5, 0.6) is 11.6 Å². The quantitative estimate of drug-likeness (QED) is 0.727. The molecule has 0 aliphatic rings. The number of nitrogens with one attached hydrogen (secondary N) is 1. The molecule has 1 N–H and O–H groups in total. The van der Waals surface area contributed by atoms with E-state index in [2.05, 4.69) is 25.6 Å². The molecule has 2 rings (SSSR count). The van der Waals surface area contributed by atoms with Gasteiger partial charge in [0.15, 0.2) is 12.1 Å². The third-order valence-electron chi connectivity index (χ3n) is 1.96. The number of hydrogen-bond donors (Lipinski definition) is 1. The molecular weight excluding hydrogens is 226 g/mol. The summed E-state index contributed by atoms with van der Waals surface area (Å²) in [5.74, 6) is 1.15. The number of carbonyl (C=O) groups is 1. The fourth-order valence-corrected chi connectivity index (χ4v) is 1.15. The molecule has 0 aliphatic heterocycles. The van der Waals surface area contributed by atoms with Gasteiger partial charge in [-0.1, -0.05) is 0 Å². The predicted molar refractivity (Wildman–Crippen MR) is 54.7 cm³/mol. The number of aromatic nitrogens is 5. The number of aromatic amines is 1. The fraction of sp³-hybridized carbons (Fsp3) is 0.222. The Balaban J connectivity index is 2.12. The Kier molecular flexibility index (Phi) is 3.24. The minimum atomic E-state index is 0.127. The number of pyridine rings is 1. The van der Waals surface area contributed by atoms with Crippen molar-refractivity contribution in [1.82, 2.24) is 25.6 Å². The maximum Gasteiger partial charge on any atom is 0.213 e. The molecule has 2 aromatic rings. The first-order valence-corrected chi connectivity index (χ1v) is 4.68. The average molecular weight is 235 g/mol. The molecule has 0 saturated carbocycles. The molecule has 0 radical (unpaired) electrons. The summed E-state index contributed by atoms with van der Waals surface area (Å²) in [6.45, 7) is 0.127. The highest BCUT2D eigenvalue weighted by Gasteiger charge is 2.07. The van der Waals surface area contributed by atoms with Crippen LogP contribution in [0.3, 0.4) is 0 Å². The number of ether oxygens (including phenoxy) is 2. The molecule has 0 fully saturated rings. The van der Waals surface area contributed by atoms with Gasteiger partial charge in [-0.05, 0) is 10.4 Å². The number of aldehydes is 1. The zero-order valence-electron chi connectivity index (χ0n) is 8.95. The summed E-state index contributed by atoms with van der Waals surface area (Å²) in [5.41, 5.74) is 0.351. The number of H-pyrrole nitrogens is 1. The first kappa shape index (κ1) is 11.0. The van der Waals surface area contributed by atoms with E-state index in [9.17, 15) is 4.79 Å². The van der Waals surface area contributed by atoms with Crippen LogP contribution in [0.4, 0.5) is 0 Å². The molecule has 0 unspecified atom stereocenters. The van der Waals surface area contributed by atoms with E-state index < -0.39 is 0 Å². The van der Waals surface area contributed by atoms with Crippen molar-refractivity contribution in [2.24, 2.45) is 0 Å². The van der Waals surface area contributed by atoms with Crippen LogP contribution in [0.15, 0.2) is 12.3 Å². The monoisotopic (exact) mass is 235 g/mol. The SMILES string of the molecule is COc1cc(C=O)c(OCc2nnn[nH]2)cn1. The van der Waals surface area contributed by atoms with Gasteiger partial charge in [-0.15, -0.1) is 5.10 Å². The van der Waals surface area contributed by atoms with E-state index in [1.165, 1.54) is 19.4 Å². The molecule has 17 heavy (non-hydrogen) atoms. The summed E-state index contributed by atoms with van der Waals surface area (Å²) < 4.78 is 10.2. The number of tetrazole rings is 1. The van der Waals surface area contributed by atoms with Gasteiger partial charge >= 0.3 is 0 Å². The van der Waals surface area contributed by atoms with Crippen LogP contribution in [0.1, 0.15) is 16.2 Å². The third kappa shape index (κ3) is 2.54. The Morgan fingerprint density at radius 1 is 1.53 bits per heavy atom. The smallest absolute Gasteiger partial charge is 0.213 e. The highest BCUT2D eigenvalue weighted by atomic mass is 16.5. The minimum Gasteiger partial charge on any atom is -0.483 e. The zero-order valence-corrected chi connectivity index (χ0v) is 8.95. The minimum absolute atomic E-state index is 0.127. The van der Waals surface area contributed by atoms with Crippen molar-refractivity contribution in [3.05, 3.63) is 23.7 Å². The van der Waals surface area contributed by atoms with Crippen LogP contribution >= 0.6 is 0 Å². The number of nitrogens with zero attached hydrogens (tertiary/aromatic N) is 4. The van der Waals surface area contributed by atoms with Gasteiger partial charge in [-0.25, -0.2) is 10.1 Å². The number of carbonyl (C=O) groups excluding carboxylic acids is 1. The van der Waals surface area contributed by atoms with E-state index in [0.29, 0.717) is 29.3 Å². The van der Waals surface area contributed by atoms with Gasteiger partial charge in [0.25, 0.3) is 0 Å². The van der Waals surface area contributed by atoms with Crippen LogP contribution in [-0.4, -0.2) is 39.0 Å². The van der Waals surface area contributed by atoms with E-state index >= 15 is 0 Å². The van der Waals surface area contributed by atoms with E-state index in [1.807, 2.05) is 0 Å². The van der Waals surface area contributed by atoms with Gasteiger partial charge in [0.05, 0.1) is 18.9 Å². The molecule has 0 aromatic carbocycles. The van der Waals surface area contributed by atoms with E-state index in [-0.39, 0.29) is 6.61 Å². The van der Waals surface area contributed by atoms with Crippen molar-refractivity contribution in [3.63, 3.8) is 0 Å². The van der Waals surface area contributed by atoms with Gasteiger partial charge in [0.2, 0.25) is 5.88 Å². The number of methoxy groups -OCH3 is 1. The fourth-order valence-electron chi connectivity index (χ4n) is 1.15. The van der Waals surface area contributed by atoms with Crippen molar-refractivity contribution in [2.45, 2.75) is 6.61 Å². The van der Waals surface area contributed by atoms with Gasteiger partial charge in [0, 0.05) is 6.07 Å². The molecule has 2 heterocycles. The molecule has 8 nitrogen and oxygen atoms in total. The Bertz CT molecular complexity index is 499. The van der Waals surface area contributed by atoms with Gasteiger partial charge in [-0.3, -0.25) is 4.79 Å². The molecule has 0 aliphatic carbocycles. The normalized spacial score (nSPS) is 9.94. The van der Waals surface area contributed by atoms with E-state index in [4.69, 9.17) is 9.47 Å². The first-order chi connectivity index (χ1) is 8.33. The number of rotatable bonds is 5. The van der Waals surface area contributed by atoms with Gasteiger partial charge in [0.1, 0.15) is 12.4 Å². The van der Waals surface area contributed by atoms with Crippen molar-refractivity contribution in [3.8, 4) is 11.6 Å². The summed E-state index contributed by atoms with van der Waals surface area (Å²) in [7, 11) is 1.47. The van der Waals surface area contributed by atoms with Crippen molar-refractivity contribution >= 4 is 6.29 Å². The summed E-state index contributed by atoms with van der Waals surface area (Å²) in [6.07, 6.45) is 2.07.